The molecule has 0 aliphatic rings. The van der Waals surface area contributed by atoms with Crippen LogP contribution in [-0.4, -0.2) is 58.0 Å². The Morgan fingerprint density at radius 2 is 1.69 bits per heavy atom. The standard InChI is InChI=1S/C22H28O7/c1-25-11-5-6-15-7-10-18(20(12-15)27-3)29-21(14-23)22(28-4)16-8-9-17(24)19(13-16)26-2/h5-10,12-13,21-24H,11,14H2,1-4H3/t21-,22+/m0/s1. The molecule has 0 bridgehead atoms. The number of phenols is 1. The maximum absolute atomic E-state index is 9.94. The highest BCUT2D eigenvalue weighted by Gasteiger charge is 2.26. The highest BCUT2D eigenvalue weighted by Crippen LogP contribution is 2.35. The van der Waals surface area contributed by atoms with Crippen molar-refractivity contribution in [1.29, 1.82) is 0 Å². The normalized spacial score (nSPS) is 13.3. The Labute approximate surface area is 171 Å². The summed E-state index contributed by atoms with van der Waals surface area (Å²) in [5, 5.41) is 19.8. The van der Waals surface area contributed by atoms with E-state index in [9.17, 15) is 10.2 Å². The number of aliphatic hydroxyl groups excluding tert-OH is 1. The van der Waals surface area contributed by atoms with Crippen LogP contribution in [-0.2, 0) is 9.47 Å². The number of hydrogen-bond donors (Lipinski definition) is 2. The van der Waals surface area contributed by atoms with Crippen molar-refractivity contribution in [2.24, 2.45) is 0 Å². The van der Waals surface area contributed by atoms with Gasteiger partial charge in [0.05, 0.1) is 27.4 Å². The topological polar surface area (TPSA) is 86.6 Å². The Morgan fingerprint density at radius 3 is 2.31 bits per heavy atom. The van der Waals surface area contributed by atoms with E-state index < -0.39 is 12.2 Å². The zero-order valence-electron chi connectivity index (χ0n) is 17.1. The van der Waals surface area contributed by atoms with Crippen molar-refractivity contribution in [3.8, 4) is 23.0 Å². The molecule has 158 valence electrons. The van der Waals surface area contributed by atoms with Crippen LogP contribution in [0.1, 0.15) is 17.2 Å². The van der Waals surface area contributed by atoms with Crippen LogP contribution in [0.4, 0.5) is 0 Å². The molecule has 2 rings (SSSR count). The van der Waals surface area contributed by atoms with E-state index in [4.69, 9.17) is 23.7 Å². The predicted octanol–water partition coefficient (Wildman–Crippen LogP) is 3.20. The van der Waals surface area contributed by atoms with Crippen molar-refractivity contribution in [3.05, 3.63) is 53.6 Å². The molecule has 0 unspecified atom stereocenters. The van der Waals surface area contributed by atoms with Gasteiger partial charge < -0.3 is 33.9 Å². The molecule has 29 heavy (non-hydrogen) atoms. The zero-order valence-corrected chi connectivity index (χ0v) is 17.1. The monoisotopic (exact) mass is 404 g/mol. The summed E-state index contributed by atoms with van der Waals surface area (Å²) in [6, 6.07) is 10.3. The fraction of sp³-hybridized carbons (Fsp3) is 0.364. The summed E-state index contributed by atoms with van der Waals surface area (Å²) < 4.78 is 27.2. The number of ether oxygens (including phenoxy) is 5. The zero-order chi connectivity index (χ0) is 21.2. The highest BCUT2D eigenvalue weighted by molar-refractivity contribution is 5.56. The van der Waals surface area contributed by atoms with Gasteiger partial charge >= 0.3 is 0 Å². The summed E-state index contributed by atoms with van der Waals surface area (Å²) >= 11 is 0. The SMILES string of the molecule is COCC=Cc1ccc(O[C@@H](CO)[C@H](OC)c2ccc(O)c(OC)c2)c(OC)c1. The van der Waals surface area contributed by atoms with Gasteiger partial charge in [-0.15, -0.1) is 0 Å². The maximum Gasteiger partial charge on any atom is 0.161 e. The van der Waals surface area contributed by atoms with Crippen LogP contribution in [0.15, 0.2) is 42.5 Å². The summed E-state index contributed by atoms with van der Waals surface area (Å²) in [6.45, 7) is 0.221. The van der Waals surface area contributed by atoms with Gasteiger partial charge in [-0.1, -0.05) is 24.3 Å². The number of aliphatic hydroxyl groups is 1. The van der Waals surface area contributed by atoms with Gasteiger partial charge in [0.25, 0.3) is 0 Å². The molecule has 0 saturated heterocycles. The Kier molecular flexibility index (Phi) is 8.79. The van der Waals surface area contributed by atoms with E-state index in [0.717, 1.165) is 5.56 Å². The van der Waals surface area contributed by atoms with Gasteiger partial charge in [0.1, 0.15) is 6.10 Å². The van der Waals surface area contributed by atoms with Crippen molar-refractivity contribution in [2.45, 2.75) is 12.2 Å². The molecule has 7 nitrogen and oxygen atoms in total. The summed E-state index contributed by atoms with van der Waals surface area (Å²) in [4.78, 5) is 0. The minimum absolute atomic E-state index is 0.0198. The molecule has 0 aliphatic heterocycles. The molecular weight excluding hydrogens is 376 g/mol. The first-order valence-electron chi connectivity index (χ1n) is 9.08. The highest BCUT2D eigenvalue weighted by atomic mass is 16.6. The van der Waals surface area contributed by atoms with Gasteiger partial charge in [0, 0.05) is 14.2 Å². The maximum atomic E-state index is 9.94. The molecule has 0 spiro atoms. The van der Waals surface area contributed by atoms with E-state index in [-0.39, 0.29) is 12.4 Å². The van der Waals surface area contributed by atoms with Gasteiger partial charge in [-0.2, -0.15) is 0 Å². The summed E-state index contributed by atoms with van der Waals surface area (Å²) in [6.07, 6.45) is 2.50. The molecule has 0 radical (unpaired) electrons. The van der Waals surface area contributed by atoms with E-state index in [2.05, 4.69) is 0 Å². The molecule has 7 heteroatoms. The molecule has 0 aromatic heterocycles. The Hall–Kier alpha value is -2.74. The van der Waals surface area contributed by atoms with Crippen molar-refractivity contribution in [2.75, 3.05) is 41.7 Å². The van der Waals surface area contributed by atoms with E-state index in [0.29, 0.717) is 29.4 Å². The third-order valence-electron chi connectivity index (χ3n) is 4.34. The number of phenolic OH excluding ortho intramolecular Hbond substituents is 1. The average molecular weight is 404 g/mol. The molecule has 2 aromatic carbocycles. The van der Waals surface area contributed by atoms with Gasteiger partial charge in [0.15, 0.2) is 29.1 Å². The van der Waals surface area contributed by atoms with Gasteiger partial charge in [-0.3, -0.25) is 0 Å². The van der Waals surface area contributed by atoms with Crippen molar-refractivity contribution in [3.63, 3.8) is 0 Å². The lowest BCUT2D eigenvalue weighted by molar-refractivity contribution is -0.0265. The smallest absolute Gasteiger partial charge is 0.161 e. The van der Waals surface area contributed by atoms with Crippen molar-refractivity contribution in [1.82, 2.24) is 0 Å². The van der Waals surface area contributed by atoms with E-state index in [1.165, 1.54) is 20.3 Å². The summed E-state index contributed by atoms with van der Waals surface area (Å²) in [5.74, 6) is 1.33. The fourth-order valence-electron chi connectivity index (χ4n) is 2.90. The fourth-order valence-corrected chi connectivity index (χ4v) is 2.90. The van der Waals surface area contributed by atoms with Crippen molar-refractivity contribution < 1.29 is 33.9 Å². The Balaban J connectivity index is 2.27. The third kappa shape index (κ3) is 5.87. The minimum Gasteiger partial charge on any atom is -0.504 e. The van der Waals surface area contributed by atoms with Crippen LogP contribution in [0.25, 0.3) is 6.08 Å². The molecule has 0 fully saturated rings. The van der Waals surface area contributed by atoms with Crippen molar-refractivity contribution >= 4 is 6.08 Å². The summed E-state index contributed by atoms with van der Waals surface area (Å²) in [7, 11) is 6.18. The van der Waals surface area contributed by atoms with Crippen LogP contribution in [0.3, 0.4) is 0 Å². The van der Waals surface area contributed by atoms with Gasteiger partial charge in [-0.25, -0.2) is 0 Å². The molecular formula is C22H28O7. The second kappa shape index (κ2) is 11.3. The second-order valence-corrected chi connectivity index (χ2v) is 6.19. The molecule has 0 saturated carbocycles. The summed E-state index contributed by atoms with van der Waals surface area (Å²) in [5.41, 5.74) is 1.62. The minimum atomic E-state index is -0.710. The number of hydrogen-bond acceptors (Lipinski definition) is 7. The van der Waals surface area contributed by atoms with Crippen LogP contribution in [0, 0.1) is 0 Å². The van der Waals surface area contributed by atoms with Crippen LogP contribution in [0.2, 0.25) is 0 Å². The van der Waals surface area contributed by atoms with E-state index >= 15 is 0 Å². The molecule has 0 amide bonds. The first-order valence-corrected chi connectivity index (χ1v) is 9.08. The van der Waals surface area contributed by atoms with Crippen LogP contribution in [0.5, 0.6) is 23.0 Å². The number of rotatable bonds is 11. The van der Waals surface area contributed by atoms with Gasteiger partial charge in [0.2, 0.25) is 0 Å². The first-order chi connectivity index (χ1) is 14.1. The predicted molar refractivity (Wildman–Crippen MR) is 110 cm³/mol. The molecule has 0 aliphatic carbocycles. The van der Waals surface area contributed by atoms with Crippen LogP contribution < -0.4 is 14.2 Å². The number of benzene rings is 2. The third-order valence-corrected chi connectivity index (χ3v) is 4.34. The lowest BCUT2D eigenvalue weighted by Crippen LogP contribution is -2.30. The largest absolute Gasteiger partial charge is 0.504 e. The number of aromatic hydroxyl groups is 1. The van der Waals surface area contributed by atoms with Crippen LogP contribution >= 0.6 is 0 Å². The quantitative estimate of drug-likeness (QED) is 0.595. The molecule has 2 aromatic rings. The Bertz CT molecular complexity index is 804. The van der Waals surface area contributed by atoms with Gasteiger partial charge in [-0.05, 0) is 35.4 Å². The lowest BCUT2D eigenvalue weighted by Gasteiger charge is -2.27. The average Bonchev–Trinajstić information content (AvgIpc) is 2.75. The first kappa shape index (κ1) is 22.5. The number of methoxy groups -OCH3 is 4. The lowest BCUT2D eigenvalue weighted by atomic mass is 10.0. The second-order valence-electron chi connectivity index (χ2n) is 6.19. The van der Waals surface area contributed by atoms with E-state index in [1.54, 1.807) is 32.4 Å². The molecule has 0 heterocycles. The van der Waals surface area contributed by atoms with E-state index in [1.807, 2.05) is 24.3 Å². The molecule has 2 atom stereocenters. The molecule has 2 N–H and O–H groups in total. The Morgan fingerprint density at radius 1 is 0.931 bits per heavy atom.